The van der Waals surface area contributed by atoms with Crippen molar-refractivity contribution in [2.45, 2.75) is 20.0 Å². The van der Waals surface area contributed by atoms with E-state index in [4.69, 9.17) is 14.2 Å². The van der Waals surface area contributed by atoms with Crippen molar-refractivity contribution in [3.05, 3.63) is 88.4 Å². The molecule has 3 heterocycles. The van der Waals surface area contributed by atoms with Crippen LogP contribution < -0.4 is 14.2 Å². The van der Waals surface area contributed by atoms with Crippen LogP contribution in [0.5, 0.6) is 17.2 Å². The Morgan fingerprint density at radius 3 is 2.65 bits per heavy atom. The Morgan fingerprint density at radius 2 is 1.90 bits per heavy atom. The van der Waals surface area contributed by atoms with E-state index in [2.05, 4.69) is 9.88 Å². The molecule has 2 aliphatic heterocycles. The van der Waals surface area contributed by atoms with Crippen LogP contribution in [0.25, 0.3) is 6.08 Å². The summed E-state index contributed by atoms with van der Waals surface area (Å²) >= 11 is 0. The molecule has 3 aromatic rings. The van der Waals surface area contributed by atoms with E-state index in [1.54, 1.807) is 25.6 Å². The lowest BCUT2D eigenvalue weighted by Gasteiger charge is -2.30. The van der Waals surface area contributed by atoms with Crippen LogP contribution in [0, 0.1) is 6.92 Å². The predicted octanol–water partition coefficient (Wildman–Crippen LogP) is 4.37. The molecular weight excluding hydrogens is 392 g/mol. The zero-order valence-electron chi connectivity index (χ0n) is 17.4. The standard InChI is InChI=1S/C25H22N2O4/c1-16-24-19(14-27(15-30-24)13-18-7-9-26-10-8-18)12-21-23(28)22(31-25(16)21)11-17-3-5-20(29-2)6-4-17/h3-12H,13-15H2,1-2H3/b22-11-. The number of fused-ring (bicyclic) bond motifs is 2. The van der Waals surface area contributed by atoms with Crippen molar-refractivity contribution in [3.8, 4) is 17.2 Å². The van der Waals surface area contributed by atoms with Crippen LogP contribution in [-0.2, 0) is 13.1 Å². The number of rotatable bonds is 4. The number of methoxy groups -OCH3 is 1. The smallest absolute Gasteiger partial charge is 0.231 e. The SMILES string of the molecule is COc1ccc(/C=C2\Oc3c(cc4c(c3C)OCN(Cc3ccncc3)C4)C2=O)cc1. The highest BCUT2D eigenvalue weighted by atomic mass is 16.5. The Bertz CT molecular complexity index is 1170. The van der Waals surface area contributed by atoms with E-state index in [0.29, 0.717) is 30.3 Å². The van der Waals surface area contributed by atoms with Crippen LogP contribution in [0.3, 0.4) is 0 Å². The molecule has 0 unspecified atom stereocenters. The fourth-order valence-corrected chi connectivity index (χ4v) is 4.00. The first-order valence-electron chi connectivity index (χ1n) is 10.1. The summed E-state index contributed by atoms with van der Waals surface area (Å²) in [4.78, 5) is 19.3. The highest BCUT2D eigenvalue weighted by Gasteiger charge is 2.33. The van der Waals surface area contributed by atoms with Gasteiger partial charge in [-0.3, -0.25) is 14.7 Å². The van der Waals surface area contributed by atoms with Crippen molar-refractivity contribution in [2.24, 2.45) is 0 Å². The maximum absolute atomic E-state index is 13.1. The normalized spacial score (nSPS) is 16.5. The van der Waals surface area contributed by atoms with Gasteiger partial charge in [-0.2, -0.15) is 0 Å². The van der Waals surface area contributed by atoms with E-state index in [1.807, 2.05) is 49.4 Å². The van der Waals surface area contributed by atoms with Crippen molar-refractivity contribution < 1.29 is 19.0 Å². The van der Waals surface area contributed by atoms with Gasteiger partial charge in [-0.25, -0.2) is 0 Å². The van der Waals surface area contributed by atoms with Gasteiger partial charge in [0.2, 0.25) is 5.78 Å². The quantitative estimate of drug-likeness (QED) is 0.591. The van der Waals surface area contributed by atoms with Crippen LogP contribution in [-0.4, -0.2) is 29.5 Å². The molecule has 0 amide bonds. The lowest BCUT2D eigenvalue weighted by Crippen LogP contribution is -2.32. The first-order valence-corrected chi connectivity index (χ1v) is 10.1. The molecular formula is C25H22N2O4. The number of pyridine rings is 1. The van der Waals surface area contributed by atoms with Crippen molar-refractivity contribution in [3.63, 3.8) is 0 Å². The van der Waals surface area contributed by atoms with Gasteiger partial charge >= 0.3 is 0 Å². The second-order valence-corrected chi connectivity index (χ2v) is 7.70. The average Bonchev–Trinajstić information content (AvgIpc) is 3.11. The largest absolute Gasteiger partial charge is 0.497 e. The Hall–Kier alpha value is -3.64. The van der Waals surface area contributed by atoms with E-state index in [-0.39, 0.29) is 5.78 Å². The number of hydrogen-bond acceptors (Lipinski definition) is 6. The summed E-state index contributed by atoms with van der Waals surface area (Å²) in [5.41, 5.74) is 4.50. The molecule has 6 heteroatoms. The third kappa shape index (κ3) is 3.66. The van der Waals surface area contributed by atoms with Gasteiger partial charge in [-0.05, 0) is 54.5 Å². The number of aromatic nitrogens is 1. The number of hydrogen-bond donors (Lipinski definition) is 0. The molecule has 31 heavy (non-hydrogen) atoms. The molecule has 0 aliphatic carbocycles. The summed E-state index contributed by atoms with van der Waals surface area (Å²) in [5, 5.41) is 0. The fraction of sp³-hybridized carbons (Fsp3) is 0.200. The van der Waals surface area contributed by atoms with E-state index in [1.165, 1.54) is 5.56 Å². The minimum absolute atomic E-state index is 0.108. The Balaban J connectivity index is 1.41. The molecule has 156 valence electrons. The van der Waals surface area contributed by atoms with Crippen molar-refractivity contribution in [1.82, 2.24) is 9.88 Å². The summed E-state index contributed by atoms with van der Waals surface area (Å²) < 4.78 is 17.2. The zero-order valence-corrected chi connectivity index (χ0v) is 17.4. The van der Waals surface area contributed by atoms with Crippen LogP contribution in [0.2, 0.25) is 0 Å². The van der Waals surface area contributed by atoms with Crippen LogP contribution >= 0.6 is 0 Å². The minimum atomic E-state index is -0.108. The lowest BCUT2D eigenvalue weighted by molar-refractivity contribution is 0.0876. The molecule has 0 saturated heterocycles. The van der Waals surface area contributed by atoms with Crippen LogP contribution in [0.15, 0.2) is 60.6 Å². The molecule has 2 aromatic carbocycles. The molecule has 0 saturated carbocycles. The van der Waals surface area contributed by atoms with Crippen LogP contribution in [0.4, 0.5) is 0 Å². The maximum Gasteiger partial charge on any atom is 0.231 e. The topological polar surface area (TPSA) is 60.9 Å². The molecule has 5 rings (SSSR count). The number of carbonyl (C=O) groups is 1. The highest BCUT2D eigenvalue weighted by Crippen LogP contribution is 2.43. The summed E-state index contributed by atoms with van der Waals surface area (Å²) in [7, 11) is 1.62. The van der Waals surface area contributed by atoms with Gasteiger partial charge in [0.15, 0.2) is 5.76 Å². The molecule has 2 aliphatic rings. The van der Waals surface area contributed by atoms with Gasteiger partial charge in [0.1, 0.15) is 24.0 Å². The summed E-state index contributed by atoms with van der Waals surface area (Å²) in [5.74, 6) is 2.37. The number of ether oxygens (including phenoxy) is 3. The van der Waals surface area contributed by atoms with E-state index in [0.717, 1.165) is 34.7 Å². The van der Waals surface area contributed by atoms with Gasteiger partial charge in [0.05, 0.1) is 12.7 Å². The Kier molecular flexibility index (Phi) is 4.92. The molecule has 0 fully saturated rings. The zero-order chi connectivity index (χ0) is 21.4. The maximum atomic E-state index is 13.1. The fourth-order valence-electron chi connectivity index (χ4n) is 4.00. The first-order chi connectivity index (χ1) is 15.1. The van der Waals surface area contributed by atoms with Gasteiger partial charge in [-0.1, -0.05) is 12.1 Å². The predicted molar refractivity (Wildman–Crippen MR) is 116 cm³/mol. The Labute approximate surface area is 180 Å². The van der Waals surface area contributed by atoms with Gasteiger partial charge < -0.3 is 14.2 Å². The van der Waals surface area contributed by atoms with Crippen molar-refractivity contribution in [2.75, 3.05) is 13.8 Å². The molecule has 0 atom stereocenters. The number of nitrogens with zero attached hydrogens (tertiary/aromatic N) is 2. The van der Waals surface area contributed by atoms with Crippen molar-refractivity contribution in [1.29, 1.82) is 0 Å². The van der Waals surface area contributed by atoms with Crippen molar-refractivity contribution >= 4 is 11.9 Å². The summed E-state index contributed by atoms with van der Waals surface area (Å²) in [6, 6.07) is 13.4. The van der Waals surface area contributed by atoms with E-state index >= 15 is 0 Å². The van der Waals surface area contributed by atoms with E-state index in [9.17, 15) is 4.79 Å². The number of carbonyl (C=O) groups excluding carboxylic acids is 1. The van der Waals surface area contributed by atoms with E-state index < -0.39 is 0 Å². The minimum Gasteiger partial charge on any atom is -0.497 e. The number of benzene rings is 2. The molecule has 0 spiro atoms. The summed E-state index contributed by atoms with van der Waals surface area (Å²) in [6.07, 6.45) is 5.34. The number of allylic oxidation sites excluding steroid dienone is 1. The molecule has 6 nitrogen and oxygen atoms in total. The van der Waals surface area contributed by atoms with Gasteiger partial charge in [0.25, 0.3) is 0 Å². The second kappa shape index (κ2) is 7.89. The lowest BCUT2D eigenvalue weighted by atomic mass is 10.00. The molecule has 0 N–H and O–H groups in total. The van der Waals surface area contributed by atoms with Gasteiger partial charge in [0, 0.05) is 36.6 Å². The molecule has 0 radical (unpaired) electrons. The Morgan fingerprint density at radius 1 is 1.13 bits per heavy atom. The average molecular weight is 414 g/mol. The monoisotopic (exact) mass is 414 g/mol. The molecule has 0 bridgehead atoms. The number of Topliss-reactive ketones (excluding diaryl/α,β-unsaturated/α-hetero) is 1. The third-order valence-electron chi connectivity index (χ3n) is 5.57. The summed E-state index contributed by atoms with van der Waals surface area (Å²) in [6.45, 7) is 3.89. The third-order valence-corrected chi connectivity index (χ3v) is 5.57. The second-order valence-electron chi connectivity index (χ2n) is 7.70. The van der Waals surface area contributed by atoms with Crippen LogP contribution in [0.1, 0.15) is 32.6 Å². The number of ketones is 1. The highest BCUT2D eigenvalue weighted by molar-refractivity contribution is 6.15. The van der Waals surface area contributed by atoms with Gasteiger partial charge in [-0.15, -0.1) is 0 Å². The molecule has 1 aromatic heterocycles. The first kappa shape index (κ1) is 19.3.